The number of carboxylic acid groups (broad SMARTS) is 2. The molecule has 7 heteroatoms. The fourth-order valence-electron chi connectivity index (χ4n) is 1.17. The second kappa shape index (κ2) is 8.00. The molecular formula is C9H16FNO5. The molecule has 0 aliphatic heterocycles. The Balaban J connectivity index is 3.92. The van der Waals surface area contributed by atoms with Crippen molar-refractivity contribution in [3.05, 3.63) is 0 Å². The van der Waals surface area contributed by atoms with Crippen molar-refractivity contribution in [3.8, 4) is 0 Å². The van der Waals surface area contributed by atoms with Crippen molar-refractivity contribution in [3.63, 3.8) is 0 Å². The second-order valence-corrected chi connectivity index (χ2v) is 3.35. The quantitative estimate of drug-likeness (QED) is 0.533. The van der Waals surface area contributed by atoms with Gasteiger partial charge in [0, 0.05) is 6.42 Å². The zero-order chi connectivity index (χ0) is 12.6. The number of aliphatic carboxylic acids is 2. The number of hydrogen-bond acceptors (Lipinski definition) is 4. The van der Waals surface area contributed by atoms with Crippen LogP contribution < -0.4 is 5.73 Å². The summed E-state index contributed by atoms with van der Waals surface area (Å²) in [6.45, 7) is -1.02. The SMILES string of the molecule is NC(CCC(CCC(=O)O)OC[18F])C(=O)O. The van der Waals surface area contributed by atoms with Gasteiger partial charge in [-0.25, -0.2) is 4.39 Å². The van der Waals surface area contributed by atoms with Crippen LogP contribution in [0, 0.1) is 0 Å². The van der Waals surface area contributed by atoms with Crippen LogP contribution in [0.3, 0.4) is 0 Å². The molecule has 0 amide bonds. The molecule has 0 spiro atoms. The monoisotopic (exact) mass is 236 g/mol. The zero-order valence-electron chi connectivity index (χ0n) is 8.76. The summed E-state index contributed by atoms with van der Waals surface area (Å²) in [5, 5.41) is 16.9. The Morgan fingerprint density at radius 2 is 1.88 bits per heavy atom. The number of alkyl halides is 1. The molecule has 0 rings (SSSR count). The summed E-state index contributed by atoms with van der Waals surface area (Å²) in [5.74, 6) is -2.15. The molecule has 16 heavy (non-hydrogen) atoms. The predicted molar refractivity (Wildman–Crippen MR) is 52.6 cm³/mol. The highest BCUT2D eigenvalue weighted by atomic mass is 18.2. The first kappa shape index (κ1) is 14.8. The van der Waals surface area contributed by atoms with Gasteiger partial charge in [0.2, 0.25) is 0 Å². The third kappa shape index (κ3) is 7.13. The lowest BCUT2D eigenvalue weighted by Crippen LogP contribution is -2.31. The summed E-state index contributed by atoms with van der Waals surface area (Å²) in [5.41, 5.74) is 5.25. The van der Waals surface area contributed by atoms with Crippen LogP contribution in [-0.2, 0) is 14.3 Å². The lowest BCUT2D eigenvalue weighted by atomic mass is 10.0. The number of carbonyl (C=O) groups is 2. The van der Waals surface area contributed by atoms with Gasteiger partial charge in [0.25, 0.3) is 0 Å². The number of rotatable bonds is 9. The molecule has 0 aromatic carbocycles. The minimum absolute atomic E-state index is 0.125. The molecule has 0 saturated carbocycles. The van der Waals surface area contributed by atoms with E-state index in [-0.39, 0.29) is 25.7 Å². The van der Waals surface area contributed by atoms with Crippen LogP contribution in [-0.4, -0.2) is 41.2 Å². The van der Waals surface area contributed by atoms with Crippen molar-refractivity contribution in [2.75, 3.05) is 6.86 Å². The molecule has 0 aromatic heterocycles. The van der Waals surface area contributed by atoms with Crippen molar-refractivity contribution >= 4 is 11.9 Å². The first-order chi connectivity index (χ1) is 7.47. The van der Waals surface area contributed by atoms with Crippen LogP contribution in [0.4, 0.5) is 4.39 Å². The summed E-state index contributed by atoms with van der Waals surface area (Å²) in [6.07, 6.45) is -0.255. The third-order valence-corrected chi connectivity index (χ3v) is 2.10. The Morgan fingerprint density at radius 3 is 2.31 bits per heavy atom. The average Bonchev–Trinajstić information content (AvgIpc) is 2.21. The van der Waals surface area contributed by atoms with E-state index in [4.69, 9.17) is 15.9 Å². The first-order valence-electron chi connectivity index (χ1n) is 4.85. The van der Waals surface area contributed by atoms with Gasteiger partial charge in [-0.1, -0.05) is 0 Å². The lowest BCUT2D eigenvalue weighted by molar-refractivity contribution is -0.140. The lowest BCUT2D eigenvalue weighted by Gasteiger charge is -2.16. The van der Waals surface area contributed by atoms with Crippen LogP contribution in [0.15, 0.2) is 0 Å². The maximum absolute atomic E-state index is 11.9. The van der Waals surface area contributed by atoms with Crippen molar-refractivity contribution in [1.82, 2.24) is 0 Å². The van der Waals surface area contributed by atoms with Gasteiger partial charge < -0.3 is 20.7 Å². The number of carboxylic acids is 2. The molecule has 0 aromatic rings. The van der Waals surface area contributed by atoms with Gasteiger partial charge in [0.15, 0.2) is 6.86 Å². The van der Waals surface area contributed by atoms with Crippen molar-refractivity contribution in [1.29, 1.82) is 0 Å². The third-order valence-electron chi connectivity index (χ3n) is 2.10. The highest BCUT2D eigenvalue weighted by Gasteiger charge is 2.16. The smallest absolute Gasteiger partial charge is 0.320 e. The van der Waals surface area contributed by atoms with Gasteiger partial charge in [-0.05, 0) is 19.3 Å². The summed E-state index contributed by atoms with van der Waals surface area (Å²) in [4.78, 5) is 20.7. The summed E-state index contributed by atoms with van der Waals surface area (Å²) >= 11 is 0. The Kier molecular flexibility index (Phi) is 7.40. The van der Waals surface area contributed by atoms with Gasteiger partial charge in [-0.15, -0.1) is 0 Å². The molecule has 0 aliphatic rings. The molecule has 6 nitrogen and oxygen atoms in total. The van der Waals surface area contributed by atoms with Crippen molar-refractivity contribution in [2.45, 2.75) is 37.8 Å². The van der Waals surface area contributed by atoms with Gasteiger partial charge in [-0.3, -0.25) is 9.59 Å². The van der Waals surface area contributed by atoms with Crippen molar-refractivity contribution in [2.24, 2.45) is 5.73 Å². The summed E-state index contributed by atoms with van der Waals surface area (Å²) < 4.78 is 16.6. The van der Waals surface area contributed by atoms with Crippen LogP contribution in [0.1, 0.15) is 25.7 Å². The fourth-order valence-corrected chi connectivity index (χ4v) is 1.17. The predicted octanol–water partition coefficient (Wildman–Crippen LogP) is 0.355. The van der Waals surface area contributed by atoms with Crippen LogP contribution in [0.25, 0.3) is 0 Å². The van der Waals surface area contributed by atoms with Gasteiger partial charge >= 0.3 is 11.9 Å². The van der Waals surface area contributed by atoms with Crippen LogP contribution in [0.5, 0.6) is 0 Å². The van der Waals surface area contributed by atoms with Gasteiger partial charge in [0.1, 0.15) is 6.04 Å². The van der Waals surface area contributed by atoms with E-state index in [9.17, 15) is 14.0 Å². The number of ether oxygens (including phenoxy) is 1. The Hall–Kier alpha value is -1.21. The van der Waals surface area contributed by atoms with E-state index in [0.717, 1.165) is 0 Å². The van der Waals surface area contributed by atoms with E-state index in [1.165, 1.54) is 0 Å². The molecule has 0 aliphatic carbocycles. The van der Waals surface area contributed by atoms with E-state index in [1.807, 2.05) is 0 Å². The van der Waals surface area contributed by atoms with Crippen molar-refractivity contribution < 1.29 is 28.9 Å². The molecule has 4 N–H and O–H groups in total. The molecular weight excluding hydrogens is 220 g/mol. The standard InChI is InChI=1S/C9H16FNO5/c10-5-16-6(2-4-8(12)13)1-3-7(11)9(14)15/h6-7H,1-5,11H2,(H,12,13)(H,14,15)/i10-1. The maximum atomic E-state index is 11.9. The minimum Gasteiger partial charge on any atom is -0.481 e. The number of nitrogens with two attached hydrogens (primary N) is 1. The molecule has 0 saturated heterocycles. The molecule has 94 valence electrons. The molecule has 2 atom stereocenters. The maximum Gasteiger partial charge on any atom is 0.320 e. The van der Waals surface area contributed by atoms with Gasteiger partial charge in [-0.2, -0.15) is 0 Å². The first-order valence-corrected chi connectivity index (χ1v) is 4.85. The highest BCUT2D eigenvalue weighted by Crippen LogP contribution is 2.11. The average molecular weight is 236 g/mol. The van der Waals surface area contributed by atoms with Crippen LogP contribution in [0.2, 0.25) is 0 Å². The highest BCUT2D eigenvalue weighted by molar-refractivity contribution is 5.72. The van der Waals surface area contributed by atoms with E-state index in [2.05, 4.69) is 4.74 Å². The normalized spacial score (nSPS) is 14.4. The van der Waals surface area contributed by atoms with E-state index < -0.39 is 30.9 Å². The van der Waals surface area contributed by atoms with E-state index >= 15 is 0 Å². The van der Waals surface area contributed by atoms with E-state index in [0.29, 0.717) is 0 Å². The molecule has 0 bridgehead atoms. The largest absolute Gasteiger partial charge is 0.481 e. The second-order valence-electron chi connectivity index (χ2n) is 3.35. The summed E-state index contributed by atoms with van der Waals surface area (Å²) in [7, 11) is 0. The number of halogens is 1. The molecule has 0 heterocycles. The Bertz CT molecular complexity index is 236. The summed E-state index contributed by atoms with van der Waals surface area (Å²) in [6, 6.07) is -1.03. The van der Waals surface area contributed by atoms with Crippen LogP contribution >= 0.6 is 0 Å². The topological polar surface area (TPSA) is 110 Å². The Labute approximate surface area is 92.2 Å². The zero-order valence-corrected chi connectivity index (χ0v) is 8.76. The molecule has 0 fully saturated rings. The molecule has 0 radical (unpaired) electrons. The Morgan fingerprint density at radius 1 is 1.25 bits per heavy atom. The van der Waals surface area contributed by atoms with E-state index in [1.54, 1.807) is 0 Å². The fraction of sp³-hybridized carbons (Fsp3) is 0.778. The van der Waals surface area contributed by atoms with Gasteiger partial charge in [0.05, 0.1) is 6.10 Å². The number of hydrogen-bond donors (Lipinski definition) is 3. The molecule has 2 unspecified atom stereocenters. The minimum atomic E-state index is -1.14.